The fraction of sp³-hybridized carbons (Fsp3) is 1.00. The van der Waals surface area contributed by atoms with E-state index >= 15 is 0 Å². The van der Waals surface area contributed by atoms with Crippen LogP contribution in [0.25, 0.3) is 0 Å². The van der Waals surface area contributed by atoms with Crippen LogP contribution in [0.4, 0.5) is 0 Å². The standard InChI is InChI=1S/C14H29NO/c1-11(2)10-13-8-6-5-7-9-14(13)15(4)12(3)16/h11-14,16H,5-10H2,1-4H3. The molecule has 0 aromatic heterocycles. The summed E-state index contributed by atoms with van der Waals surface area (Å²) in [5.41, 5.74) is 0. The number of hydrogen-bond acceptors (Lipinski definition) is 2. The molecule has 2 heteroatoms. The van der Waals surface area contributed by atoms with Gasteiger partial charge in [-0.3, -0.25) is 4.90 Å². The molecule has 0 bridgehead atoms. The van der Waals surface area contributed by atoms with Crippen molar-refractivity contribution in [3.8, 4) is 0 Å². The summed E-state index contributed by atoms with van der Waals surface area (Å²) in [4.78, 5) is 2.18. The van der Waals surface area contributed by atoms with Gasteiger partial charge in [0.25, 0.3) is 0 Å². The third-order valence-electron chi connectivity index (χ3n) is 4.01. The zero-order valence-corrected chi connectivity index (χ0v) is 11.4. The van der Waals surface area contributed by atoms with Crippen LogP contribution in [0.1, 0.15) is 59.3 Å². The highest BCUT2D eigenvalue weighted by Crippen LogP contribution is 2.31. The lowest BCUT2D eigenvalue weighted by molar-refractivity contribution is -0.0146. The smallest absolute Gasteiger partial charge is 0.104 e. The molecule has 0 radical (unpaired) electrons. The van der Waals surface area contributed by atoms with Crippen molar-refractivity contribution in [1.82, 2.24) is 4.90 Å². The van der Waals surface area contributed by atoms with E-state index in [1.54, 1.807) is 0 Å². The quantitative estimate of drug-likeness (QED) is 0.588. The lowest BCUT2D eigenvalue weighted by Gasteiger charge is -2.36. The minimum Gasteiger partial charge on any atom is -0.379 e. The summed E-state index contributed by atoms with van der Waals surface area (Å²) >= 11 is 0. The van der Waals surface area contributed by atoms with Crippen molar-refractivity contribution in [2.75, 3.05) is 7.05 Å². The van der Waals surface area contributed by atoms with E-state index in [1.807, 2.05) is 6.92 Å². The van der Waals surface area contributed by atoms with E-state index in [-0.39, 0.29) is 6.23 Å². The van der Waals surface area contributed by atoms with Crippen molar-refractivity contribution in [3.05, 3.63) is 0 Å². The third kappa shape index (κ3) is 4.06. The molecule has 1 N–H and O–H groups in total. The fourth-order valence-electron chi connectivity index (χ4n) is 3.06. The van der Waals surface area contributed by atoms with Crippen LogP contribution in [-0.4, -0.2) is 29.3 Å². The van der Waals surface area contributed by atoms with Crippen LogP contribution in [-0.2, 0) is 0 Å². The van der Waals surface area contributed by atoms with Gasteiger partial charge < -0.3 is 5.11 Å². The summed E-state index contributed by atoms with van der Waals surface area (Å²) in [5.74, 6) is 1.55. The van der Waals surface area contributed by atoms with Gasteiger partial charge in [0.05, 0.1) is 0 Å². The first-order valence-electron chi connectivity index (χ1n) is 6.92. The predicted octanol–water partition coefficient (Wildman–Crippen LogP) is 3.25. The average Bonchev–Trinajstić information content (AvgIpc) is 2.41. The molecule has 0 saturated heterocycles. The monoisotopic (exact) mass is 227 g/mol. The molecule has 0 aromatic carbocycles. The maximum Gasteiger partial charge on any atom is 0.104 e. The van der Waals surface area contributed by atoms with E-state index in [2.05, 4.69) is 25.8 Å². The Kier molecular flexibility index (Phi) is 5.77. The molecule has 0 spiro atoms. The highest BCUT2D eigenvalue weighted by Gasteiger charge is 2.28. The summed E-state index contributed by atoms with van der Waals surface area (Å²) in [6, 6.07) is 0.588. The third-order valence-corrected chi connectivity index (χ3v) is 4.01. The fourth-order valence-corrected chi connectivity index (χ4v) is 3.06. The van der Waals surface area contributed by atoms with Gasteiger partial charge in [-0.05, 0) is 45.1 Å². The maximum absolute atomic E-state index is 9.74. The molecule has 96 valence electrons. The molecule has 1 aliphatic rings. The minimum absolute atomic E-state index is 0.308. The van der Waals surface area contributed by atoms with Crippen molar-refractivity contribution in [2.45, 2.75) is 71.6 Å². The van der Waals surface area contributed by atoms with E-state index in [1.165, 1.54) is 38.5 Å². The van der Waals surface area contributed by atoms with Gasteiger partial charge >= 0.3 is 0 Å². The van der Waals surface area contributed by atoms with E-state index in [0.29, 0.717) is 6.04 Å². The Balaban J connectivity index is 2.65. The van der Waals surface area contributed by atoms with Gasteiger partial charge in [0.15, 0.2) is 0 Å². The highest BCUT2D eigenvalue weighted by atomic mass is 16.3. The van der Waals surface area contributed by atoms with Crippen molar-refractivity contribution in [3.63, 3.8) is 0 Å². The lowest BCUT2D eigenvalue weighted by Crippen LogP contribution is -2.43. The molecule has 2 nitrogen and oxygen atoms in total. The molecule has 1 fully saturated rings. The predicted molar refractivity (Wildman–Crippen MR) is 69.3 cm³/mol. The van der Waals surface area contributed by atoms with E-state index in [9.17, 15) is 5.11 Å². The van der Waals surface area contributed by atoms with Crippen LogP contribution in [0, 0.1) is 11.8 Å². The normalized spacial score (nSPS) is 29.4. The van der Waals surface area contributed by atoms with E-state index in [0.717, 1.165) is 11.8 Å². The Hall–Kier alpha value is -0.0800. The summed E-state index contributed by atoms with van der Waals surface area (Å²) in [7, 11) is 2.08. The van der Waals surface area contributed by atoms with Crippen molar-refractivity contribution >= 4 is 0 Å². The highest BCUT2D eigenvalue weighted by molar-refractivity contribution is 4.81. The van der Waals surface area contributed by atoms with Gasteiger partial charge in [0, 0.05) is 6.04 Å². The van der Waals surface area contributed by atoms with Crippen LogP contribution < -0.4 is 0 Å². The molecule has 0 amide bonds. The molecular weight excluding hydrogens is 198 g/mol. The van der Waals surface area contributed by atoms with Gasteiger partial charge in [-0.15, -0.1) is 0 Å². The van der Waals surface area contributed by atoms with Crippen LogP contribution in [0.5, 0.6) is 0 Å². The minimum atomic E-state index is -0.308. The molecule has 16 heavy (non-hydrogen) atoms. The Morgan fingerprint density at radius 1 is 1.12 bits per heavy atom. The Labute approximate surface area is 101 Å². The topological polar surface area (TPSA) is 23.5 Å². The summed E-state index contributed by atoms with van der Waals surface area (Å²) < 4.78 is 0. The molecule has 0 aromatic rings. The second kappa shape index (κ2) is 6.61. The molecule has 1 saturated carbocycles. The second-order valence-electron chi connectivity index (χ2n) is 5.89. The molecule has 0 heterocycles. The molecule has 3 atom stereocenters. The van der Waals surface area contributed by atoms with Crippen molar-refractivity contribution < 1.29 is 5.11 Å². The number of hydrogen-bond donors (Lipinski definition) is 1. The van der Waals surface area contributed by atoms with Crippen LogP contribution in [0.15, 0.2) is 0 Å². The summed E-state index contributed by atoms with van der Waals surface area (Å²) in [6.07, 6.45) is 7.69. The van der Waals surface area contributed by atoms with Gasteiger partial charge in [-0.25, -0.2) is 0 Å². The molecule has 0 aliphatic heterocycles. The van der Waals surface area contributed by atoms with Crippen LogP contribution in [0.2, 0.25) is 0 Å². The van der Waals surface area contributed by atoms with Crippen molar-refractivity contribution in [1.29, 1.82) is 0 Å². The van der Waals surface area contributed by atoms with Crippen molar-refractivity contribution in [2.24, 2.45) is 11.8 Å². The molecular formula is C14H29NO. The van der Waals surface area contributed by atoms with Gasteiger partial charge in [-0.1, -0.05) is 33.1 Å². The SMILES string of the molecule is CC(C)CC1CCCCCC1N(C)C(C)O. The first-order valence-corrected chi connectivity index (χ1v) is 6.92. The number of nitrogens with zero attached hydrogens (tertiary/aromatic N) is 1. The summed E-state index contributed by atoms with van der Waals surface area (Å²) in [5, 5.41) is 9.74. The van der Waals surface area contributed by atoms with Gasteiger partial charge in [0.1, 0.15) is 6.23 Å². The zero-order chi connectivity index (χ0) is 12.1. The number of aliphatic hydroxyl groups is 1. The molecule has 1 rings (SSSR count). The van der Waals surface area contributed by atoms with Crippen LogP contribution >= 0.6 is 0 Å². The number of rotatable bonds is 4. The van der Waals surface area contributed by atoms with Gasteiger partial charge in [0.2, 0.25) is 0 Å². The number of aliphatic hydroxyl groups excluding tert-OH is 1. The van der Waals surface area contributed by atoms with E-state index < -0.39 is 0 Å². The Bertz CT molecular complexity index is 191. The van der Waals surface area contributed by atoms with E-state index in [4.69, 9.17) is 0 Å². The Morgan fingerprint density at radius 2 is 1.75 bits per heavy atom. The maximum atomic E-state index is 9.74. The first-order chi connectivity index (χ1) is 7.52. The van der Waals surface area contributed by atoms with Crippen LogP contribution in [0.3, 0.4) is 0 Å². The van der Waals surface area contributed by atoms with Gasteiger partial charge in [-0.2, -0.15) is 0 Å². The average molecular weight is 227 g/mol. The molecule has 1 aliphatic carbocycles. The zero-order valence-electron chi connectivity index (χ0n) is 11.4. The largest absolute Gasteiger partial charge is 0.379 e. The lowest BCUT2D eigenvalue weighted by atomic mass is 9.86. The Morgan fingerprint density at radius 3 is 2.31 bits per heavy atom. The molecule has 3 unspecified atom stereocenters. The first kappa shape index (κ1) is 14.0. The second-order valence-corrected chi connectivity index (χ2v) is 5.89. The summed E-state index contributed by atoms with van der Waals surface area (Å²) in [6.45, 7) is 6.51.